The van der Waals surface area contributed by atoms with Gasteiger partial charge in [0.1, 0.15) is 11.4 Å². The first-order chi connectivity index (χ1) is 12.5. The minimum Gasteiger partial charge on any atom is -0.422 e. The monoisotopic (exact) mass is 350 g/mol. The second-order valence-corrected chi connectivity index (χ2v) is 6.13. The molecule has 7 heteroatoms. The Bertz CT molecular complexity index is 1080. The number of pyridine rings is 1. The average molecular weight is 350 g/mol. The van der Waals surface area contributed by atoms with E-state index in [2.05, 4.69) is 10.3 Å². The van der Waals surface area contributed by atoms with Gasteiger partial charge < -0.3 is 9.73 Å². The van der Waals surface area contributed by atoms with Gasteiger partial charge in [-0.25, -0.2) is 9.78 Å². The highest BCUT2D eigenvalue weighted by atomic mass is 16.4. The summed E-state index contributed by atoms with van der Waals surface area (Å²) in [7, 11) is 1.77. The van der Waals surface area contributed by atoms with Crippen molar-refractivity contribution in [3.8, 4) is 6.07 Å². The first kappa shape index (κ1) is 17.6. The maximum absolute atomic E-state index is 12.3. The minimum atomic E-state index is -0.446. The molecule has 1 amide bonds. The van der Waals surface area contributed by atoms with Crippen molar-refractivity contribution in [2.75, 3.05) is 25.5 Å². The number of nitrogens with one attached hydrogen (secondary N) is 1. The summed E-state index contributed by atoms with van der Waals surface area (Å²) in [5, 5.41) is 12.5. The van der Waals surface area contributed by atoms with Gasteiger partial charge in [0.2, 0.25) is 5.91 Å². The Hall–Kier alpha value is -3.24. The summed E-state index contributed by atoms with van der Waals surface area (Å²) in [6, 6.07) is 10.9. The maximum Gasteiger partial charge on any atom is 0.346 e. The molecule has 0 radical (unpaired) electrons. The van der Waals surface area contributed by atoms with Crippen molar-refractivity contribution in [2.45, 2.75) is 13.3 Å². The maximum atomic E-state index is 12.3. The summed E-state index contributed by atoms with van der Waals surface area (Å²) in [6.45, 7) is 2.45. The number of anilines is 1. The molecule has 3 aromatic rings. The molecule has 132 valence electrons. The van der Waals surface area contributed by atoms with Crippen LogP contribution >= 0.6 is 0 Å². The molecule has 0 atom stereocenters. The Morgan fingerprint density at radius 2 is 2.15 bits per heavy atom. The molecule has 0 unspecified atom stereocenters. The molecule has 1 N–H and O–H groups in total. The highest BCUT2D eigenvalue weighted by Crippen LogP contribution is 2.25. The minimum absolute atomic E-state index is 0.151. The number of rotatable bonds is 5. The quantitative estimate of drug-likeness (QED) is 0.560. The van der Waals surface area contributed by atoms with Crippen LogP contribution in [0.25, 0.3) is 21.9 Å². The zero-order valence-electron chi connectivity index (χ0n) is 14.6. The number of para-hydroxylation sites is 1. The molecule has 3 rings (SSSR count). The van der Waals surface area contributed by atoms with Gasteiger partial charge in [0.25, 0.3) is 0 Å². The molecule has 0 bridgehead atoms. The Kier molecular flexibility index (Phi) is 4.96. The van der Waals surface area contributed by atoms with E-state index in [9.17, 15) is 9.59 Å². The second kappa shape index (κ2) is 7.33. The summed E-state index contributed by atoms with van der Waals surface area (Å²) in [5.41, 5.74) is 1.20. The van der Waals surface area contributed by atoms with Crippen LogP contribution in [0.4, 0.5) is 5.82 Å². The number of carbonyl (C=O) groups is 1. The van der Waals surface area contributed by atoms with E-state index >= 15 is 0 Å². The van der Waals surface area contributed by atoms with Gasteiger partial charge in [-0.05, 0) is 37.7 Å². The van der Waals surface area contributed by atoms with E-state index in [4.69, 9.17) is 9.68 Å². The first-order valence-electron chi connectivity index (χ1n) is 8.18. The van der Waals surface area contributed by atoms with Crippen LogP contribution in [0.1, 0.15) is 12.0 Å². The SMILES string of the molecule is Cc1cc(NC(=O)CN(C)CCC#N)nc2c1c(=O)oc1ccccc12. The van der Waals surface area contributed by atoms with Crippen LogP contribution in [0.2, 0.25) is 0 Å². The number of nitriles is 1. The first-order valence-corrected chi connectivity index (χ1v) is 8.18. The second-order valence-electron chi connectivity index (χ2n) is 6.13. The number of amides is 1. The molecule has 0 spiro atoms. The van der Waals surface area contributed by atoms with Crippen molar-refractivity contribution in [3.05, 3.63) is 46.3 Å². The molecule has 0 fully saturated rings. The number of likely N-dealkylation sites (N-methyl/N-ethyl adjacent to an activating group) is 1. The Balaban J connectivity index is 1.96. The van der Waals surface area contributed by atoms with Gasteiger partial charge in [0, 0.05) is 18.4 Å². The summed E-state index contributed by atoms with van der Waals surface area (Å²) in [4.78, 5) is 30.7. The largest absolute Gasteiger partial charge is 0.422 e. The van der Waals surface area contributed by atoms with Crippen LogP contribution < -0.4 is 10.9 Å². The van der Waals surface area contributed by atoms with Crippen LogP contribution in [0, 0.1) is 18.3 Å². The fraction of sp³-hybridized carbons (Fsp3) is 0.263. The van der Waals surface area contributed by atoms with E-state index < -0.39 is 5.63 Å². The summed E-state index contributed by atoms with van der Waals surface area (Å²) < 4.78 is 5.35. The zero-order chi connectivity index (χ0) is 18.7. The predicted octanol–water partition coefficient (Wildman–Crippen LogP) is 2.43. The van der Waals surface area contributed by atoms with Gasteiger partial charge in [-0.2, -0.15) is 5.26 Å². The van der Waals surface area contributed by atoms with Crippen molar-refractivity contribution in [3.63, 3.8) is 0 Å². The van der Waals surface area contributed by atoms with Crippen molar-refractivity contribution < 1.29 is 9.21 Å². The van der Waals surface area contributed by atoms with Gasteiger partial charge >= 0.3 is 5.63 Å². The molecule has 0 aliphatic rings. The predicted molar refractivity (Wildman–Crippen MR) is 98.9 cm³/mol. The number of fused-ring (bicyclic) bond motifs is 3. The third kappa shape index (κ3) is 3.55. The average Bonchev–Trinajstić information content (AvgIpc) is 2.59. The van der Waals surface area contributed by atoms with E-state index in [0.717, 1.165) is 0 Å². The summed E-state index contributed by atoms with van der Waals surface area (Å²) >= 11 is 0. The zero-order valence-corrected chi connectivity index (χ0v) is 14.6. The summed E-state index contributed by atoms with van der Waals surface area (Å²) in [6.07, 6.45) is 0.360. The standard InChI is InChI=1S/C19H18N4O3/c1-12-10-15(21-16(24)11-23(2)9-5-8-20)22-18-13-6-3-4-7-14(13)26-19(25)17(12)18/h3-4,6-7,10H,5,9,11H2,1-2H3,(H,21,22,24). The molecule has 0 saturated heterocycles. The van der Waals surface area contributed by atoms with E-state index in [-0.39, 0.29) is 12.5 Å². The number of nitrogens with zero attached hydrogens (tertiary/aromatic N) is 3. The van der Waals surface area contributed by atoms with E-state index in [1.807, 2.05) is 18.2 Å². The van der Waals surface area contributed by atoms with Gasteiger partial charge in [0.15, 0.2) is 0 Å². The molecule has 2 aromatic heterocycles. The fourth-order valence-electron chi connectivity index (χ4n) is 2.84. The Labute approximate surface area is 149 Å². The normalized spacial score (nSPS) is 11.0. The fourth-order valence-corrected chi connectivity index (χ4v) is 2.84. The smallest absolute Gasteiger partial charge is 0.346 e. The molecule has 0 saturated carbocycles. The van der Waals surface area contributed by atoms with Crippen molar-refractivity contribution in [1.29, 1.82) is 5.26 Å². The topological polar surface area (TPSA) is 99.2 Å². The van der Waals surface area contributed by atoms with Crippen LogP contribution in [-0.2, 0) is 4.79 Å². The van der Waals surface area contributed by atoms with Gasteiger partial charge in [0.05, 0.1) is 23.5 Å². The Morgan fingerprint density at radius 1 is 1.38 bits per heavy atom. The number of hydrogen-bond donors (Lipinski definition) is 1. The lowest BCUT2D eigenvalue weighted by molar-refractivity contribution is -0.117. The highest BCUT2D eigenvalue weighted by molar-refractivity contribution is 6.04. The number of benzene rings is 1. The molecule has 26 heavy (non-hydrogen) atoms. The lowest BCUT2D eigenvalue weighted by Crippen LogP contribution is -2.31. The van der Waals surface area contributed by atoms with Gasteiger partial charge in [-0.15, -0.1) is 0 Å². The molecular weight excluding hydrogens is 332 g/mol. The van der Waals surface area contributed by atoms with Gasteiger partial charge in [-0.1, -0.05) is 12.1 Å². The number of aryl methyl sites for hydroxylation is 1. The Morgan fingerprint density at radius 3 is 2.92 bits per heavy atom. The van der Waals surface area contributed by atoms with E-state index in [0.29, 0.717) is 46.2 Å². The van der Waals surface area contributed by atoms with Crippen LogP contribution in [0.15, 0.2) is 39.5 Å². The molecular formula is C19H18N4O3. The van der Waals surface area contributed by atoms with Crippen LogP contribution in [0.5, 0.6) is 0 Å². The lowest BCUT2D eigenvalue weighted by atomic mass is 10.1. The molecule has 7 nitrogen and oxygen atoms in total. The lowest BCUT2D eigenvalue weighted by Gasteiger charge is -2.14. The number of aromatic nitrogens is 1. The van der Waals surface area contributed by atoms with Crippen molar-refractivity contribution in [2.24, 2.45) is 0 Å². The van der Waals surface area contributed by atoms with Crippen LogP contribution in [0.3, 0.4) is 0 Å². The van der Waals surface area contributed by atoms with Crippen molar-refractivity contribution >= 4 is 33.6 Å². The van der Waals surface area contributed by atoms with E-state index in [1.165, 1.54) is 0 Å². The third-order valence-corrected chi connectivity index (χ3v) is 4.05. The van der Waals surface area contributed by atoms with E-state index in [1.54, 1.807) is 37.1 Å². The van der Waals surface area contributed by atoms with Crippen LogP contribution in [-0.4, -0.2) is 35.9 Å². The molecule has 1 aromatic carbocycles. The number of carbonyl (C=O) groups excluding carboxylic acids is 1. The highest BCUT2D eigenvalue weighted by Gasteiger charge is 2.14. The van der Waals surface area contributed by atoms with Gasteiger partial charge in [-0.3, -0.25) is 9.69 Å². The summed E-state index contributed by atoms with van der Waals surface area (Å²) in [5.74, 6) is 0.147. The molecule has 2 heterocycles. The van der Waals surface area contributed by atoms with Crippen molar-refractivity contribution in [1.82, 2.24) is 9.88 Å². The molecule has 0 aliphatic heterocycles. The number of hydrogen-bond acceptors (Lipinski definition) is 6. The molecule has 0 aliphatic carbocycles. The third-order valence-electron chi connectivity index (χ3n) is 4.05.